The summed E-state index contributed by atoms with van der Waals surface area (Å²) in [6, 6.07) is 1.38. The number of carbonyl (C=O) groups is 1. The zero-order valence-electron chi connectivity index (χ0n) is 8.00. The van der Waals surface area contributed by atoms with Gasteiger partial charge >= 0.3 is 12.1 Å². The Morgan fingerprint density at radius 3 is 2.31 bits per heavy atom. The number of thioether (sulfide) groups is 1. The summed E-state index contributed by atoms with van der Waals surface area (Å²) in [7, 11) is 0. The van der Waals surface area contributed by atoms with Gasteiger partial charge in [0.05, 0.1) is 10.5 Å². The van der Waals surface area contributed by atoms with E-state index in [1.54, 1.807) is 0 Å². The number of benzene rings is 1. The van der Waals surface area contributed by atoms with Crippen LogP contribution in [-0.4, -0.2) is 22.4 Å². The highest BCUT2D eigenvalue weighted by Gasteiger charge is 2.35. The first-order chi connectivity index (χ1) is 7.29. The summed E-state index contributed by atoms with van der Waals surface area (Å²) >= 11 is 0.647. The molecule has 0 saturated heterocycles. The van der Waals surface area contributed by atoms with Crippen LogP contribution < -0.4 is 0 Å². The van der Waals surface area contributed by atoms with Crippen molar-refractivity contribution in [1.29, 1.82) is 0 Å². The molecule has 1 aromatic rings. The SMILES string of the molecule is CSc1c(C(F)(F)F)ccc(C(=O)O)c1O. The predicted octanol–water partition coefficient (Wildman–Crippen LogP) is 2.83. The van der Waals surface area contributed by atoms with E-state index in [4.69, 9.17) is 5.11 Å². The summed E-state index contributed by atoms with van der Waals surface area (Å²) in [5, 5.41) is 18.0. The standard InChI is InChI=1S/C9H7F3O3S/c1-16-7-5(9(10,11)12)3-2-4(6(7)13)8(14)15/h2-3,13H,1H3,(H,14,15). The van der Waals surface area contributed by atoms with Gasteiger partial charge < -0.3 is 10.2 Å². The summed E-state index contributed by atoms with van der Waals surface area (Å²) in [4.78, 5) is 10.1. The lowest BCUT2D eigenvalue weighted by Crippen LogP contribution is -2.09. The third kappa shape index (κ3) is 2.24. The molecular formula is C9H7F3O3S. The lowest BCUT2D eigenvalue weighted by Gasteiger charge is -2.13. The van der Waals surface area contributed by atoms with Gasteiger partial charge in [0.1, 0.15) is 11.3 Å². The number of hydrogen-bond donors (Lipinski definition) is 2. The van der Waals surface area contributed by atoms with Crippen LogP contribution in [0.5, 0.6) is 5.75 Å². The largest absolute Gasteiger partial charge is 0.506 e. The van der Waals surface area contributed by atoms with E-state index in [2.05, 4.69) is 0 Å². The van der Waals surface area contributed by atoms with Gasteiger partial charge in [-0.25, -0.2) is 4.79 Å². The molecule has 88 valence electrons. The molecule has 1 rings (SSSR count). The van der Waals surface area contributed by atoms with Crippen molar-refractivity contribution < 1.29 is 28.2 Å². The van der Waals surface area contributed by atoms with E-state index in [1.807, 2.05) is 0 Å². The fourth-order valence-electron chi connectivity index (χ4n) is 1.17. The fourth-order valence-corrected chi connectivity index (χ4v) is 1.88. The van der Waals surface area contributed by atoms with Crippen LogP contribution >= 0.6 is 11.8 Å². The Hall–Kier alpha value is -1.37. The summed E-state index contributed by atoms with van der Waals surface area (Å²) < 4.78 is 37.4. The Kier molecular flexibility index (Phi) is 3.37. The van der Waals surface area contributed by atoms with Gasteiger partial charge in [0.2, 0.25) is 0 Å². The van der Waals surface area contributed by atoms with E-state index in [1.165, 1.54) is 6.26 Å². The highest BCUT2D eigenvalue weighted by Crippen LogP contribution is 2.41. The number of alkyl halides is 3. The molecule has 0 aliphatic heterocycles. The van der Waals surface area contributed by atoms with Crippen LogP contribution in [0.25, 0.3) is 0 Å². The molecule has 0 atom stereocenters. The minimum absolute atomic E-state index is 0.479. The number of phenols is 1. The number of aromatic hydroxyl groups is 1. The molecule has 16 heavy (non-hydrogen) atoms. The van der Waals surface area contributed by atoms with Crippen LogP contribution in [0.1, 0.15) is 15.9 Å². The highest BCUT2D eigenvalue weighted by atomic mass is 32.2. The second-order valence-electron chi connectivity index (χ2n) is 2.85. The van der Waals surface area contributed by atoms with E-state index < -0.39 is 33.9 Å². The maximum atomic E-state index is 12.5. The lowest BCUT2D eigenvalue weighted by molar-refractivity contribution is -0.139. The monoisotopic (exact) mass is 252 g/mol. The van der Waals surface area contributed by atoms with Crippen LogP contribution in [0.15, 0.2) is 17.0 Å². The second kappa shape index (κ2) is 4.25. The molecule has 0 aromatic heterocycles. The second-order valence-corrected chi connectivity index (χ2v) is 3.66. The van der Waals surface area contributed by atoms with Crippen LogP contribution in [-0.2, 0) is 6.18 Å². The van der Waals surface area contributed by atoms with Gasteiger partial charge in [-0.3, -0.25) is 0 Å². The molecule has 0 fully saturated rings. The Balaban J connectivity index is 3.47. The van der Waals surface area contributed by atoms with Crippen molar-refractivity contribution in [3.63, 3.8) is 0 Å². The van der Waals surface area contributed by atoms with E-state index in [0.29, 0.717) is 17.8 Å². The number of rotatable bonds is 2. The van der Waals surface area contributed by atoms with Crippen molar-refractivity contribution in [3.8, 4) is 5.75 Å². The number of aromatic carboxylic acids is 1. The van der Waals surface area contributed by atoms with Crippen LogP contribution in [0.2, 0.25) is 0 Å². The maximum Gasteiger partial charge on any atom is 0.417 e. The van der Waals surface area contributed by atoms with E-state index >= 15 is 0 Å². The summed E-state index contributed by atoms with van der Waals surface area (Å²) in [5.41, 5.74) is -1.58. The molecule has 2 N–H and O–H groups in total. The van der Waals surface area contributed by atoms with Gasteiger partial charge in [0, 0.05) is 0 Å². The van der Waals surface area contributed by atoms with Gasteiger partial charge in [0.25, 0.3) is 0 Å². The van der Waals surface area contributed by atoms with Crippen molar-refractivity contribution in [2.45, 2.75) is 11.1 Å². The maximum absolute atomic E-state index is 12.5. The molecule has 7 heteroatoms. The lowest BCUT2D eigenvalue weighted by atomic mass is 10.1. The molecule has 0 unspecified atom stereocenters. The van der Waals surface area contributed by atoms with Gasteiger partial charge in [0.15, 0.2) is 0 Å². The predicted molar refractivity (Wildman–Crippen MR) is 51.8 cm³/mol. The molecule has 0 heterocycles. The van der Waals surface area contributed by atoms with Crippen LogP contribution in [0, 0.1) is 0 Å². The third-order valence-electron chi connectivity index (χ3n) is 1.87. The van der Waals surface area contributed by atoms with Crippen molar-refractivity contribution in [2.75, 3.05) is 6.26 Å². The Morgan fingerprint density at radius 1 is 1.38 bits per heavy atom. The molecule has 0 spiro atoms. The minimum atomic E-state index is -4.62. The fraction of sp³-hybridized carbons (Fsp3) is 0.222. The van der Waals surface area contributed by atoms with Crippen molar-refractivity contribution >= 4 is 17.7 Å². The van der Waals surface area contributed by atoms with Gasteiger partial charge in [-0.2, -0.15) is 13.2 Å². The number of carboxylic acid groups (broad SMARTS) is 1. The molecule has 0 aliphatic rings. The van der Waals surface area contributed by atoms with E-state index in [-0.39, 0.29) is 0 Å². The van der Waals surface area contributed by atoms with Gasteiger partial charge in [-0.15, -0.1) is 11.8 Å². The van der Waals surface area contributed by atoms with Gasteiger partial charge in [-0.05, 0) is 18.4 Å². The summed E-state index contributed by atoms with van der Waals surface area (Å²) in [5.74, 6) is -2.32. The minimum Gasteiger partial charge on any atom is -0.506 e. The molecule has 0 radical (unpaired) electrons. The number of carboxylic acids is 1. The quantitative estimate of drug-likeness (QED) is 0.794. The molecule has 0 saturated carbocycles. The zero-order valence-corrected chi connectivity index (χ0v) is 8.82. The average molecular weight is 252 g/mol. The first-order valence-corrected chi connectivity index (χ1v) is 5.22. The highest BCUT2D eigenvalue weighted by molar-refractivity contribution is 7.98. The normalized spacial score (nSPS) is 11.5. The molecular weight excluding hydrogens is 245 g/mol. The topological polar surface area (TPSA) is 57.5 Å². The third-order valence-corrected chi connectivity index (χ3v) is 2.69. The first kappa shape index (κ1) is 12.7. The first-order valence-electron chi connectivity index (χ1n) is 3.99. The zero-order chi connectivity index (χ0) is 12.5. The van der Waals surface area contributed by atoms with Crippen LogP contribution in [0.3, 0.4) is 0 Å². The van der Waals surface area contributed by atoms with E-state index in [9.17, 15) is 23.1 Å². The van der Waals surface area contributed by atoms with E-state index in [0.717, 1.165) is 6.07 Å². The number of halogens is 3. The Bertz CT molecular complexity index is 429. The number of hydrogen-bond acceptors (Lipinski definition) is 3. The Labute approximate surface area is 92.9 Å². The van der Waals surface area contributed by atoms with Crippen molar-refractivity contribution in [1.82, 2.24) is 0 Å². The molecule has 0 amide bonds. The van der Waals surface area contributed by atoms with Crippen molar-refractivity contribution in [2.24, 2.45) is 0 Å². The van der Waals surface area contributed by atoms with Gasteiger partial charge in [-0.1, -0.05) is 0 Å². The average Bonchev–Trinajstić information content (AvgIpc) is 2.15. The van der Waals surface area contributed by atoms with Crippen molar-refractivity contribution in [3.05, 3.63) is 23.3 Å². The molecule has 1 aromatic carbocycles. The Morgan fingerprint density at radius 2 is 1.94 bits per heavy atom. The summed E-state index contributed by atoms with van der Waals surface area (Å²) in [6.45, 7) is 0. The molecule has 0 aliphatic carbocycles. The summed E-state index contributed by atoms with van der Waals surface area (Å²) in [6.07, 6.45) is -3.29. The van der Waals surface area contributed by atoms with Crippen LogP contribution in [0.4, 0.5) is 13.2 Å². The smallest absolute Gasteiger partial charge is 0.417 e. The molecule has 0 bridgehead atoms. The molecule has 3 nitrogen and oxygen atoms in total.